The van der Waals surface area contributed by atoms with Crippen LogP contribution in [0.4, 0.5) is 18.9 Å². The molecule has 1 aliphatic heterocycles. The van der Waals surface area contributed by atoms with E-state index in [2.05, 4.69) is 12.2 Å². The van der Waals surface area contributed by atoms with Crippen LogP contribution in [0.15, 0.2) is 27.4 Å². The first-order valence-corrected chi connectivity index (χ1v) is 7.80. The molecule has 0 saturated heterocycles. The second kappa shape index (κ2) is 5.91. The van der Waals surface area contributed by atoms with E-state index in [1.54, 1.807) is 0 Å². The van der Waals surface area contributed by atoms with Gasteiger partial charge >= 0.3 is 11.8 Å². The van der Waals surface area contributed by atoms with Crippen molar-refractivity contribution in [1.29, 1.82) is 0 Å². The van der Waals surface area contributed by atoms with Gasteiger partial charge in [0.05, 0.1) is 5.56 Å². The van der Waals surface area contributed by atoms with E-state index in [1.807, 2.05) is 0 Å². The first-order valence-electron chi connectivity index (χ1n) is 7.80. The Kier molecular flexibility index (Phi) is 4.08. The average molecular weight is 325 g/mol. The van der Waals surface area contributed by atoms with E-state index in [0.29, 0.717) is 12.0 Å². The van der Waals surface area contributed by atoms with Gasteiger partial charge in [0.15, 0.2) is 0 Å². The average Bonchev–Trinajstić information content (AvgIpc) is 2.66. The van der Waals surface area contributed by atoms with Gasteiger partial charge in [-0.25, -0.2) is 4.79 Å². The fraction of sp³-hybridized carbons (Fsp3) is 0.471. The molecule has 0 radical (unpaired) electrons. The number of nitrogens with one attached hydrogen (secondary N) is 1. The molecule has 2 aromatic rings. The van der Waals surface area contributed by atoms with Gasteiger partial charge in [-0.3, -0.25) is 0 Å². The first kappa shape index (κ1) is 15.9. The zero-order valence-corrected chi connectivity index (χ0v) is 12.8. The van der Waals surface area contributed by atoms with Crippen molar-refractivity contribution < 1.29 is 17.6 Å². The van der Waals surface area contributed by atoms with Crippen molar-refractivity contribution >= 4 is 16.7 Å². The Bertz CT molecular complexity index is 780. The van der Waals surface area contributed by atoms with Crippen LogP contribution in [0.25, 0.3) is 11.0 Å². The van der Waals surface area contributed by atoms with Gasteiger partial charge in [-0.15, -0.1) is 0 Å². The van der Waals surface area contributed by atoms with Gasteiger partial charge in [0, 0.05) is 29.8 Å². The third-order valence-electron chi connectivity index (χ3n) is 4.37. The Hall–Kier alpha value is -1.98. The Morgan fingerprint density at radius 1 is 1.30 bits per heavy atom. The highest BCUT2D eigenvalue weighted by atomic mass is 19.4. The summed E-state index contributed by atoms with van der Waals surface area (Å²) in [4.78, 5) is 11.4. The highest BCUT2D eigenvalue weighted by Gasteiger charge is 2.34. The van der Waals surface area contributed by atoms with Crippen LogP contribution in [0.5, 0.6) is 0 Å². The summed E-state index contributed by atoms with van der Waals surface area (Å²) in [6, 6.07) is 3.56. The number of hydrogen-bond donors (Lipinski definition) is 1. The molecular weight excluding hydrogens is 307 g/mol. The zero-order chi connectivity index (χ0) is 16.6. The SMILES string of the molecule is CCC[C@H]1CCc2cc3c(C(F)(F)F)cc(=O)oc3cc2NC1. The Morgan fingerprint density at radius 3 is 2.78 bits per heavy atom. The predicted molar refractivity (Wildman–Crippen MR) is 82.7 cm³/mol. The Morgan fingerprint density at radius 2 is 2.09 bits per heavy atom. The van der Waals surface area contributed by atoms with E-state index in [-0.39, 0.29) is 11.0 Å². The fourth-order valence-corrected chi connectivity index (χ4v) is 3.23. The van der Waals surface area contributed by atoms with E-state index in [1.165, 1.54) is 12.1 Å². The van der Waals surface area contributed by atoms with Gasteiger partial charge in [-0.1, -0.05) is 13.3 Å². The number of fused-ring (bicyclic) bond motifs is 2. The molecule has 6 heteroatoms. The number of rotatable bonds is 2. The summed E-state index contributed by atoms with van der Waals surface area (Å²) in [5.41, 5.74) is -0.331. The van der Waals surface area contributed by atoms with Crippen LogP contribution in [0.3, 0.4) is 0 Å². The number of halogens is 3. The molecule has 0 fully saturated rings. The standard InChI is InChI=1S/C17H18F3NO2/c1-2-3-10-4-5-11-6-12-13(17(18,19)20)7-16(22)23-15(12)8-14(11)21-9-10/h6-8,10,21H,2-5,9H2,1H3/t10-/m0/s1. The number of aryl methyl sites for hydroxylation is 1. The normalized spacial score (nSPS) is 18.3. The number of benzene rings is 1. The molecule has 0 aliphatic carbocycles. The molecule has 0 bridgehead atoms. The summed E-state index contributed by atoms with van der Waals surface area (Å²) in [5, 5.41) is 3.24. The van der Waals surface area contributed by atoms with E-state index < -0.39 is 17.4 Å². The van der Waals surface area contributed by atoms with Crippen molar-refractivity contribution in [2.75, 3.05) is 11.9 Å². The highest BCUT2D eigenvalue weighted by molar-refractivity contribution is 5.85. The summed E-state index contributed by atoms with van der Waals surface area (Å²) in [7, 11) is 0. The molecule has 0 saturated carbocycles. The van der Waals surface area contributed by atoms with Crippen LogP contribution in [-0.4, -0.2) is 6.54 Å². The molecule has 1 aromatic heterocycles. The molecule has 1 aromatic carbocycles. The number of hydrogen-bond acceptors (Lipinski definition) is 3. The molecule has 1 atom stereocenters. The van der Waals surface area contributed by atoms with Gasteiger partial charge in [-0.2, -0.15) is 13.2 Å². The van der Waals surface area contributed by atoms with Crippen LogP contribution >= 0.6 is 0 Å². The monoisotopic (exact) mass is 325 g/mol. The van der Waals surface area contributed by atoms with E-state index in [9.17, 15) is 18.0 Å². The van der Waals surface area contributed by atoms with Gasteiger partial charge < -0.3 is 9.73 Å². The van der Waals surface area contributed by atoms with Crippen molar-refractivity contribution in [3.63, 3.8) is 0 Å². The smallest absolute Gasteiger partial charge is 0.417 e. The lowest BCUT2D eigenvalue weighted by Gasteiger charge is -2.13. The highest BCUT2D eigenvalue weighted by Crippen LogP contribution is 2.37. The van der Waals surface area contributed by atoms with E-state index in [0.717, 1.165) is 43.5 Å². The lowest BCUT2D eigenvalue weighted by molar-refractivity contribution is -0.136. The molecule has 3 nitrogen and oxygen atoms in total. The van der Waals surface area contributed by atoms with Gasteiger partial charge in [0.2, 0.25) is 0 Å². The van der Waals surface area contributed by atoms with Crippen LogP contribution in [0.2, 0.25) is 0 Å². The molecule has 3 rings (SSSR count). The van der Waals surface area contributed by atoms with Crippen LogP contribution in [0, 0.1) is 5.92 Å². The van der Waals surface area contributed by atoms with Crippen LogP contribution in [-0.2, 0) is 12.6 Å². The van der Waals surface area contributed by atoms with Crippen molar-refractivity contribution in [3.8, 4) is 0 Å². The number of anilines is 1. The second-order valence-electron chi connectivity index (χ2n) is 6.06. The quantitative estimate of drug-likeness (QED) is 0.821. The molecular formula is C17H18F3NO2. The predicted octanol–water partition coefficient (Wildman–Crippen LogP) is 4.59. The summed E-state index contributed by atoms with van der Waals surface area (Å²) < 4.78 is 44.5. The molecule has 124 valence electrons. The first-order chi connectivity index (χ1) is 10.9. The minimum atomic E-state index is -4.58. The molecule has 0 amide bonds. The molecule has 2 heterocycles. The largest absolute Gasteiger partial charge is 0.423 e. The maximum atomic E-state index is 13.2. The van der Waals surface area contributed by atoms with Crippen LogP contribution < -0.4 is 10.9 Å². The third kappa shape index (κ3) is 3.21. The molecule has 23 heavy (non-hydrogen) atoms. The van der Waals surface area contributed by atoms with Gasteiger partial charge in [0.1, 0.15) is 5.58 Å². The minimum absolute atomic E-state index is 0.0231. The summed E-state index contributed by atoms with van der Waals surface area (Å²) in [6.45, 7) is 2.91. The van der Waals surface area contributed by atoms with Gasteiger partial charge in [-0.05, 0) is 36.8 Å². The van der Waals surface area contributed by atoms with Crippen molar-refractivity contribution in [3.05, 3.63) is 39.7 Å². The van der Waals surface area contributed by atoms with E-state index in [4.69, 9.17) is 4.42 Å². The van der Waals surface area contributed by atoms with Crippen LogP contribution in [0.1, 0.15) is 37.3 Å². The van der Waals surface area contributed by atoms with E-state index >= 15 is 0 Å². The fourth-order valence-electron chi connectivity index (χ4n) is 3.23. The Balaban J connectivity index is 2.10. The number of alkyl halides is 3. The molecule has 1 N–H and O–H groups in total. The summed E-state index contributed by atoms with van der Waals surface area (Å²) >= 11 is 0. The third-order valence-corrected chi connectivity index (χ3v) is 4.37. The zero-order valence-electron chi connectivity index (χ0n) is 12.8. The summed E-state index contributed by atoms with van der Waals surface area (Å²) in [5.74, 6) is 0.504. The maximum absolute atomic E-state index is 13.2. The maximum Gasteiger partial charge on any atom is 0.417 e. The minimum Gasteiger partial charge on any atom is -0.423 e. The van der Waals surface area contributed by atoms with Crippen molar-refractivity contribution in [1.82, 2.24) is 0 Å². The topological polar surface area (TPSA) is 42.2 Å². The Labute approximate surface area is 131 Å². The molecule has 0 unspecified atom stereocenters. The lowest BCUT2D eigenvalue weighted by Crippen LogP contribution is -2.12. The van der Waals surface area contributed by atoms with Crippen molar-refractivity contribution in [2.45, 2.75) is 38.8 Å². The second-order valence-corrected chi connectivity index (χ2v) is 6.06. The van der Waals surface area contributed by atoms with Gasteiger partial charge in [0.25, 0.3) is 0 Å². The molecule has 1 aliphatic rings. The lowest BCUT2D eigenvalue weighted by atomic mass is 9.96. The summed E-state index contributed by atoms with van der Waals surface area (Å²) in [6.07, 6.45) is -0.747. The molecule has 0 spiro atoms. The van der Waals surface area contributed by atoms with Crippen molar-refractivity contribution in [2.24, 2.45) is 5.92 Å².